The average molecular weight is 431 g/mol. The molecule has 0 nitrogen and oxygen atoms in total. The summed E-state index contributed by atoms with van der Waals surface area (Å²) in [7, 11) is 0. The Hall–Kier alpha value is -2.10. The summed E-state index contributed by atoms with van der Waals surface area (Å²) in [6.07, 6.45) is 14.4. The predicted molar refractivity (Wildman–Crippen MR) is 117 cm³/mol. The minimum absolute atomic E-state index is 0.0371. The first-order chi connectivity index (χ1) is 15.0. The summed E-state index contributed by atoms with van der Waals surface area (Å²) in [4.78, 5) is 0. The van der Waals surface area contributed by atoms with Crippen LogP contribution in [0.2, 0.25) is 0 Å². The van der Waals surface area contributed by atoms with Gasteiger partial charge in [-0.2, -0.15) is 0 Å². The molecule has 1 fully saturated rings. The van der Waals surface area contributed by atoms with Gasteiger partial charge in [-0.1, -0.05) is 37.1 Å². The van der Waals surface area contributed by atoms with Crippen LogP contribution in [0.5, 0.6) is 0 Å². The van der Waals surface area contributed by atoms with E-state index in [1.54, 1.807) is 6.07 Å². The number of fused-ring (bicyclic) bond motifs is 1. The topological polar surface area (TPSA) is 0 Å². The third-order valence-corrected chi connectivity index (χ3v) is 7.42. The van der Waals surface area contributed by atoms with Crippen LogP contribution in [0, 0.1) is 41.0 Å². The van der Waals surface area contributed by atoms with Gasteiger partial charge in [-0.3, -0.25) is 0 Å². The van der Waals surface area contributed by atoms with Crippen molar-refractivity contribution in [1.29, 1.82) is 0 Å². The maximum atomic E-state index is 15.2. The molecule has 4 rings (SSSR count). The standard InChI is InChI=1S/C27H30F4/c1-2-3-4-5-17-6-8-18(9-7-17)19-10-12-22-20(14-19)11-13-23(26(22)30)21-15-24(28)27(31)25(29)16-21/h2-3,11,13,15-19H,4-10,12,14H2,1H3. The van der Waals surface area contributed by atoms with Crippen LogP contribution in [-0.4, -0.2) is 0 Å². The lowest BCUT2D eigenvalue weighted by atomic mass is 9.69. The van der Waals surface area contributed by atoms with E-state index in [1.165, 1.54) is 38.5 Å². The third-order valence-electron chi connectivity index (χ3n) is 7.42. The first-order valence-corrected chi connectivity index (χ1v) is 11.5. The first-order valence-electron chi connectivity index (χ1n) is 11.5. The van der Waals surface area contributed by atoms with Gasteiger partial charge in [0.2, 0.25) is 0 Å². The molecule has 4 heteroatoms. The van der Waals surface area contributed by atoms with Gasteiger partial charge in [-0.25, -0.2) is 17.6 Å². The van der Waals surface area contributed by atoms with E-state index in [1.807, 2.05) is 6.07 Å². The van der Waals surface area contributed by atoms with Crippen LogP contribution in [0.4, 0.5) is 17.6 Å². The SMILES string of the molecule is CC=CCCC1CCC(C2CCc3c(ccc(-c4cc(F)c(F)c(F)c4)c3F)C2)CC1. The molecule has 0 radical (unpaired) electrons. The molecule has 1 saturated carbocycles. The van der Waals surface area contributed by atoms with Crippen LogP contribution in [0.3, 0.4) is 0 Å². The van der Waals surface area contributed by atoms with Crippen molar-refractivity contribution < 1.29 is 17.6 Å². The molecular weight excluding hydrogens is 400 g/mol. The summed E-state index contributed by atoms with van der Waals surface area (Å²) >= 11 is 0. The molecule has 0 aliphatic heterocycles. The molecule has 2 aliphatic carbocycles. The van der Waals surface area contributed by atoms with E-state index in [2.05, 4.69) is 19.1 Å². The minimum atomic E-state index is -1.53. The molecule has 0 saturated heterocycles. The predicted octanol–water partition coefficient (Wildman–Crippen LogP) is 8.18. The van der Waals surface area contributed by atoms with Gasteiger partial charge in [0.25, 0.3) is 0 Å². The summed E-state index contributed by atoms with van der Waals surface area (Å²) in [5, 5.41) is 0. The quantitative estimate of drug-likeness (QED) is 0.255. The molecule has 2 aromatic rings. The maximum Gasteiger partial charge on any atom is 0.194 e. The van der Waals surface area contributed by atoms with E-state index >= 15 is 4.39 Å². The number of hydrogen-bond acceptors (Lipinski definition) is 0. The molecule has 1 unspecified atom stereocenters. The highest BCUT2D eigenvalue weighted by Crippen LogP contribution is 2.42. The Labute approximate surface area is 182 Å². The second kappa shape index (κ2) is 9.58. The van der Waals surface area contributed by atoms with Gasteiger partial charge in [0, 0.05) is 5.56 Å². The number of hydrogen-bond donors (Lipinski definition) is 0. The van der Waals surface area contributed by atoms with Crippen molar-refractivity contribution in [2.45, 2.75) is 64.7 Å². The van der Waals surface area contributed by atoms with Crippen molar-refractivity contribution >= 4 is 0 Å². The Morgan fingerprint density at radius 3 is 2.26 bits per heavy atom. The fourth-order valence-corrected chi connectivity index (χ4v) is 5.62. The van der Waals surface area contributed by atoms with Crippen molar-refractivity contribution in [3.05, 3.63) is 70.8 Å². The summed E-state index contributed by atoms with van der Waals surface area (Å²) in [6.45, 7) is 2.07. The molecule has 31 heavy (non-hydrogen) atoms. The van der Waals surface area contributed by atoms with Crippen molar-refractivity contribution in [3.8, 4) is 11.1 Å². The van der Waals surface area contributed by atoms with Crippen molar-refractivity contribution in [3.63, 3.8) is 0 Å². The molecule has 0 heterocycles. The summed E-state index contributed by atoms with van der Waals surface area (Å²) in [5.41, 5.74) is 1.83. The van der Waals surface area contributed by atoms with Crippen molar-refractivity contribution in [2.75, 3.05) is 0 Å². The fourth-order valence-electron chi connectivity index (χ4n) is 5.62. The maximum absolute atomic E-state index is 15.2. The Bertz CT molecular complexity index is 931. The second-order valence-electron chi connectivity index (χ2n) is 9.25. The molecule has 166 valence electrons. The Morgan fingerprint density at radius 2 is 1.58 bits per heavy atom. The zero-order chi connectivity index (χ0) is 22.0. The van der Waals surface area contributed by atoms with Gasteiger partial charge >= 0.3 is 0 Å². The highest BCUT2D eigenvalue weighted by molar-refractivity contribution is 5.66. The molecule has 0 N–H and O–H groups in total. The van der Waals surface area contributed by atoms with E-state index in [0.29, 0.717) is 23.8 Å². The minimum Gasteiger partial charge on any atom is -0.206 e. The number of allylic oxidation sites excluding steroid dienone is 2. The number of halogens is 4. The highest BCUT2D eigenvalue weighted by Gasteiger charge is 2.31. The number of rotatable bonds is 5. The summed E-state index contributed by atoms with van der Waals surface area (Å²) < 4.78 is 55.8. The van der Waals surface area contributed by atoms with E-state index in [0.717, 1.165) is 36.5 Å². The van der Waals surface area contributed by atoms with E-state index in [9.17, 15) is 13.2 Å². The van der Waals surface area contributed by atoms with E-state index < -0.39 is 23.3 Å². The van der Waals surface area contributed by atoms with Crippen molar-refractivity contribution in [2.24, 2.45) is 17.8 Å². The molecule has 1 atom stereocenters. The number of benzene rings is 2. The van der Waals surface area contributed by atoms with Crippen LogP contribution in [0.15, 0.2) is 36.4 Å². The zero-order valence-electron chi connectivity index (χ0n) is 18.1. The second-order valence-corrected chi connectivity index (χ2v) is 9.25. The van der Waals surface area contributed by atoms with E-state index in [4.69, 9.17) is 0 Å². The molecule has 0 aromatic heterocycles. The van der Waals surface area contributed by atoms with Gasteiger partial charge in [0.05, 0.1) is 0 Å². The average Bonchev–Trinajstić information content (AvgIpc) is 2.78. The van der Waals surface area contributed by atoms with Crippen LogP contribution < -0.4 is 0 Å². The third kappa shape index (κ3) is 4.73. The van der Waals surface area contributed by atoms with Crippen LogP contribution in [0.1, 0.15) is 63.0 Å². The Kier molecular flexibility index (Phi) is 6.83. The van der Waals surface area contributed by atoms with Gasteiger partial charge in [0.1, 0.15) is 5.82 Å². The lowest BCUT2D eigenvalue weighted by molar-refractivity contribution is 0.184. The van der Waals surface area contributed by atoms with Crippen molar-refractivity contribution in [1.82, 2.24) is 0 Å². The molecule has 0 bridgehead atoms. The monoisotopic (exact) mass is 430 g/mol. The Morgan fingerprint density at radius 1 is 0.871 bits per heavy atom. The summed E-state index contributed by atoms with van der Waals surface area (Å²) in [6, 6.07) is 5.20. The van der Waals surface area contributed by atoms with Crippen LogP contribution >= 0.6 is 0 Å². The molecular formula is C27H30F4. The van der Waals surface area contributed by atoms with Crippen LogP contribution in [-0.2, 0) is 12.8 Å². The summed E-state index contributed by atoms with van der Waals surface area (Å²) in [5.74, 6) is -2.43. The zero-order valence-corrected chi connectivity index (χ0v) is 18.1. The fraction of sp³-hybridized carbons (Fsp3) is 0.481. The normalized spacial score (nSPS) is 23.8. The van der Waals surface area contributed by atoms with Gasteiger partial charge in [-0.15, -0.1) is 0 Å². The van der Waals surface area contributed by atoms with Crippen LogP contribution in [0.25, 0.3) is 11.1 Å². The van der Waals surface area contributed by atoms with E-state index in [-0.39, 0.29) is 11.1 Å². The molecule has 2 aliphatic rings. The molecule has 0 amide bonds. The van der Waals surface area contributed by atoms with Gasteiger partial charge in [0.15, 0.2) is 17.5 Å². The highest BCUT2D eigenvalue weighted by atomic mass is 19.2. The lowest BCUT2D eigenvalue weighted by Crippen LogP contribution is -2.27. The van der Waals surface area contributed by atoms with Gasteiger partial charge < -0.3 is 0 Å². The molecule has 2 aromatic carbocycles. The Balaban J connectivity index is 1.45. The smallest absolute Gasteiger partial charge is 0.194 e. The molecule has 0 spiro atoms. The largest absolute Gasteiger partial charge is 0.206 e. The van der Waals surface area contributed by atoms with Gasteiger partial charge in [-0.05, 0) is 98.4 Å². The first kappa shape index (κ1) is 22.1. The lowest BCUT2D eigenvalue weighted by Gasteiger charge is -2.36.